The van der Waals surface area contributed by atoms with Crippen molar-refractivity contribution in [3.05, 3.63) is 34.4 Å². The van der Waals surface area contributed by atoms with E-state index in [1.807, 2.05) is 20.8 Å². The Kier molecular flexibility index (Phi) is 3.01. The topological polar surface area (TPSA) is 77.2 Å². The molecule has 0 unspecified atom stereocenters. The van der Waals surface area contributed by atoms with Gasteiger partial charge in [-0.15, -0.1) is 0 Å². The van der Waals surface area contributed by atoms with Gasteiger partial charge in [0.05, 0.1) is 5.69 Å². The van der Waals surface area contributed by atoms with Gasteiger partial charge in [0.15, 0.2) is 15.4 Å². The highest BCUT2D eigenvalue weighted by Crippen LogP contribution is 2.30. The maximum Gasteiger partial charge on any atom is 0.439 e. The van der Waals surface area contributed by atoms with E-state index in [4.69, 9.17) is 4.42 Å². The second-order valence-corrected chi connectivity index (χ2v) is 7.47. The van der Waals surface area contributed by atoms with E-state index in [0.29, 0.717) is 11.1 Å². The molecular formula is C13H15NO4S. The molecule has 0 fully saturated rings. The van der Waals surface area contributed by atoms with E-state index in [1.54, 1.807) is 12.1 Å². The van der Waals surface area contributed by atoms with Crippen molar-refractivity contribution in [1.82, 2.24) is 4.98 Å². The fourth-order valence-corrected chi connectivity index (χ4v) is 2.75. The zero-order valence-electron chi connectivity index (χ0n) is 11.2. The van der Waals surface area contributed by atoms with Gasteiger partial charge in [0.1, 0.15) is 4.90 Å². The molecule has 0 radical (unpaired) electrons. The lowest BCUT2D eigenvalue weighted by molar-refractivity contribution is 0.492. The number of aromatic nitrogens is 1. The molecule has 0 atom stereocenters. The number of hydrogen-bond donors (Lipinski definition) is 0. The van der Waals surface area contributed by atoms with Crippen LogP contribution in [0.15, 0.2) is 32.3 Å². The van der Waals surface area contributed by atoms with Crippen molar-refractivity contribution in [2.24, 2.45) is 0 Å². The largest absolute Gasteiger partial charge is 0.439 e. The van der Waals surface area contributed by atoms with Crippen LogP contribution in [0.25, 0.3) is 11.0 Å². The van der Waals surface area contributed by atoms with E-state index in [9.17, 15) is 13.2 Å². The van der Waals surface area contributed by atoms with Crippen molar-refractivity contribution in [2.45, 2.75) is 31.1 Å². The molecule has 0 aliphatic heterocycles. The van der Waals surface area contributed by atoms with E-state index < -0.39 is 15.6 Å². The zero-order chi connectivity index (χ0) is 14.4. The Morgan fingerprint density at radius 2 is 1.84 bits per heavy atom. The second kappa shape index (κ2) is 4.16. The third-order valence-corrected chi connectivity index (χ3v) is 3.86. The third-order valence-electron chi connectivity index (χ3n) is 2.74. The summed E-state index contributed by atoms with van der Waals surface area (Å²) >= 11 is 0. The van der Waals surface area contributed by atoms with Gasteiger partial charge in [-0.3, -0.25) is 0 Å². The van der Waals surface area contributed by atoms with Crippen LogP contribution < -0.4 is 5.76 Å². The summed E-state index contributed by atoms with van der Waals surface area (Å²) in [5, 5.41) is 0.551. The first-order valence-corrected chi connectivity index (χ1v) is 7.64. The SMILES string of the molecule is CC(C)(C)c1nc(=O)oc2c(S(C)(=O)=O)cccc12. The molecule has 0 bridgehead atoms. The maximum atomic E-state index is 11.7. The summed E-state index contributed by atoms with van der Waals surface area (Å²) in [7, 11) is -3.47. The van der Waals surface area contributed by atoms with E-state index in [0.717, 1.165) is 6.26 Å². The van der Waals surface area contributed by atoms with Crippen LogP contribution in [-0.4, -0.2) is 19.7 Å². The number of rotatable bonds is 1. The van der Waals surface area contributed by atoms with E-state index >= 15 is 0 Å². The average molecular weight is 281 g/mol. The van der Waals surface area contributed by atoms with Crippen molar-refractivity contribution in [3.8, 4) is 0 Å². The molecule has 102 valence electrons. The minimum Gasteiger partial charge on any atom is -0.407 e. The van der Waals surface area contributed by atoms with Crippen LogP contribution in [0.1, 0.15) is 26.5 Å². The summed E-state index contributed by atoms with van der Waals surface area (Å²) in [6.07, 6.45) is 1.08. The fourth-order valence-electron chi connectivity index (χ4n) is 1.93. The van der Waals surface area contributed by atoms with Gasteiger partial charge >= 0.3 is 5.76 Å². The van der Waals surface area contributed by atoms with E-state index in [1.165, 1.54) is 6.07 Å². The first-order valence-electron chi connectivity index (χ1n) is 5.75. The van der Waals surface area contributed by atoms with Gasteiger partial charge in [0, 0.05) is 17.1 Å². The molecule has 1 aromatic carbocycles. The molecule has 2 aromatic rings. The van der Waals surface area contributed by atoms with Crippen molar-refractivity contribution >= 4 is 20.8 Å². The Morgan fingerprint density at radius 3 is 2.37 bits per heavy atom. The first kappa shape index (κ1) is 13.7. The van der Waals surface area contributed by atoms with Crippen molar-refractivity contribution in [1.29, 1.82) is 0 Å². The smallest absolute Gasteiger partial charge is 0.407 e. The van der Waals surface area contributed by atoms with Crippen molar-refractivity contribution in [3.63, 3.8) is 0 Å². The summed E-state index contributed by atoms with van der Waals surface area (Å²) in [4.78, 5) is 15.4. The molecule has 19 heavy (non-hydrogen) atoms. The Labute approximate surface area is 111 Å². The van der Waals surface area contributed by atoms with Gasteiger partial charge in [0.2, 0.25) is 0 Å². The highest BCUT2D eigenvalue weighted by molar-refractivity contribution is 7.91. The molecule has 1 heterocycles. The van der Waals surface area contributed by atoms with Crippen LogP contribution in [0.4, 0.5) is 0 Å². The molecule has 0 aliphatic rings. The molecule has 6 heteroatoms. The van der Waals surface area contributed by atoms with Gasteiger partial charge in [-0.05, 0) is 12.1 Å². The Balaban J connectivity index is 3.03. The van der Waals surface area contributed by atoms with Crippen molar-refractivity contribution < 1.29 is 12.8 Å². The molecule has 0 N–H and O–H groups in total. The average Bonchev–Trinajstić information content (AvgIpc) is 2.24. The standard InChI is InChI=1S/C13H15NO4S/c1-13(2,3)11-8-6-5-7-9(19(4,16)17)10(8)18-12(15)14-11/h5-7H,1-4H3. The van der Waals surface area contributed by atoms with Crippen molar-refractivity contribution in [2.75, 3.05) is 6.26 Å². The Morgan fingerprint density at radius 1 is 1.21 bits per heavy atom. The highest BCUT2D eigenvalue weighted by Gasteiger charge is 2.23. The lowest BCUT2D eigenvalue weighted by atomic mass is 9.89. The number of fused-ring (bicyclic) bond motifs is 1. The van der Waals surface area contributed by atoms with E-state index in [-0.39, 0.29) is 15.9 Å². The maximum absolute atomic E-state index is 11.7. The molecule has 2 rings (SSSR count). The molecule has 5 nitrogen and oxygen atoms in total. The monoisotopic (exact) mass is 281 g/mol. The summed E-state index contributed by atoms with van der Waals surface area (Å²) in [5.41, 5.74) is 0.226. The number of nitrogens with zero attached hydrogens (tertiary/aromatic N) is 1. The number of para-hydroxylation sites is 1. The minimum atomic E-state index is -3.47. The van der Waals surface area contributed by atoms with Crippen LogP contribution in [0.2, 0.25) is 0 Å². The number of benzene rings is 1. The first-order chi connectivity index (χ1) is 8.60. The van der Waals surface area contributed by atoms with Crippen LogP contribution >= 0.6 is 0 Å². The van der Waals surface area contributed by atoms with Gasteiger partial charge in [0.25, 0.3) is 0 Å². The van der Waals surface area contributed by atoms with Gasteiger partial charge in [-0.2, -0.15) is 4.98 Å². The Hall–Kier alpha value is -1.69. The molecule has 0 spiro atoms. The normalized spacial score (nSPS) is 12.8. The van der Waals surface area contributed by atoms with Gasteiger partial charge in [-0.25, -0.2) is 13.2 Å². The fraction of sp³-hybridized carbons (Fsp3) is 0.385. The predicted octanol–water partition coefficient (Wildman–Crippen LogP) is 1.89. The third kappa shape index (κ3) is 2.53. The molecule has 0 amide bonds. The summed E-state index contributed by atoms with van der Waals surface area (Å²) in [6.45, 7) is 5.71. The highest BCUT2D eigenvalue weighted by atomic mass is 32.2. The Bertz CT molecular complexity index is 797. The van der Waals surface area contributed by atoms with Crippen LogP contribution in [0, 0.1) is 0 Å². The summed E-state index contributed by atoms with van der Waals surface area (Å²) in [6, 6.07) is 4.75. The summed E-state index contributed by atoms with van der Waals surface area (Å²) in [5.74, 6) is -0.784. The molecule has 0 aliphatic carbocycles. The van der Waals surface area contributed by atoms with Gasteiger partial charge in [-0.1, -0.05) is 26.8 Å². The summed E-state index contributed by atoms with van der Waals surface area (Å²) < 4.78 is 28.5. The lowest BCUT2D eigenvalue weighted by Crippen LogP contribution is -2.20. The molecule has 0 saturated heterocycles. The predicted molar refractivity (Wildman–Crippen MR) is 72.1 cm³/mol. The quantitative estimate of drug-likeness (QED) is 0.797. The molecule has 1 aromatic heterocycles. The molecule has 0 saturated carbocycles. The van der Waals surface area contributed by atoms with Crippen LogP contribution in [0.3, 0.4) is 0 Å². The lowest BCUT2D eigenvalue weighted by Gasteiger charge is -2.19. The second-order valence-electron chi connectivity index (χ2n) is 5.48. The van der Waals surface area contributed by atoms with Crippen LogP contribution in [0.5, 0.6) is 0 Å². The minimum absolute atomic E-state index is 0.00926. The number of sulfone groups is 1. The molecular weight excluding hydrogens is 266 g/mol. The number of hydrogen-bond acceptors (Lipinski definition) is 5. The van der Waals surface area contributed by atoms with Crippen LogP contribution in [-0.2, 0) is 15.3 Å². The van der Waals surface area contributed by atoms with Gasteiger partial charge < -0.3 is 4.42 Å². The zero-order valence-corrected chi connectivity index (χ0v) is 12.0. The van der Waals surface area contributed by atoms with E-state index in [2.05, 4.69) is 4.98 Å².